The van der Waals surface area contributed by atoms with Crippen molar-refractivity contribution >= 4 is 18.0 Å². The van der Waals surface area contributed by atoms with Crippen LogP contribution in [0.4, 0.5) is 0 Å². The highest BCUT2D eigenvalue weighted by molar-refractivity contribution is 5.97. The molecule has 1 atom stereocenters. The molecular formula is C25H25N3O4. The normalized spacial score (nSPS) is 19.9. The Balaban J connectivity index is 1.62. The number of fused-ring (bicyclic) bond motifs is 1. The van der Waals surface area contributed by atoms with Gasteiger partial charge in [0.15, 0.2) is 0 Å². The minimum Gasteiger partial charge on any atom is -0.475 e. The molecule has 32 heavy (non-hydrogen) atoms. The van der Waals surface area contributed by atoms with Crippen LogP contribution >= 0.6 is 0 Å². The summed E-state index contributed by atoms with van der Waals surface area (Å²) in [7, 11) is 1.65. The lowest BCUT2D eigenvalue weighted by molar-refractivity contribution is -0.115. The molecular weight excluding hydrogens is 406 g/mol. The highest BCUT2D eigenvalue weighted by Gasteiger charge is 2.23. The van der Waals surface area contributed by atoms with Crippen molar-refractivity contribution in [1.82, 2.24) is 4.90 Å². The SMILES string of the molecule is C/N=C(\C=C1\c2ccc(-c3ccccc3C#N)cc2CCN1C=O)OCC1COCCO1. The van der Waals surface area contributed by atoms with Crippen molar-refractivity contribution in [2.45, 2.75) is 12.5 Å². The molecule has 0 aromatic heterocycles. The maximum atomic E-state index is 11.8. The van der Waals surface area contributed by atoms with Crippen LogP contribution < -0.4 is 0 Å². The summed E-state index contributed by atoms with van der Waals surface area (Å²) < 4.78 is 16.9. The lowest BCUT2D eigenvalue weighted by Gasteiger charge is -2.29. The van der Waals surface area contributed by atoms with Crippen LogP contribution in [0.3, 0.4) is 0 Å². The molecule has 0 N–H and O–H groups in total. The summed E-state index contributed by atoms with van der Waals surface area (Å²) in [5, 5.41) is 9.45. The van der Waals surface area contributed by atoms with Crippen molar-refractivity contribution in [2.75, 3.05) is 40.0 Å². The van der Waals surface area contributed by atoms with Crippen molar-refractivity contribution in [1.29, 1.82) is 5.26 Å². The molecule has 2 heterocycles. The average molecular weight is 431 g/mol. The summed E-state index contributed by atoms with van der Waals surface area (Å²) in [5.74, 6) is 0.424. The molecule has 7 nitrogen and oxygen atoms in total. The first-order valence-electron chi connectivity index (χ1n) is 10.6. The topological polar surface area (TPSA) is 84.2 Å². The first-order chi connectivity index (χ1) is 15.7. The van der Waals surface area contributed by atoms with Crippen LogP contribution in [-0.4, -0.2) is 63.3 Å². The molecule has 1 fully saturated rings. The molecule has 2 aliphatic rings. The zero-order valence-electron chi connectivity index (χ0n) is 18.0. The Labute approximate surface area is 187 Å². The Morgan fingerprint density at radius 1 is 1.28 bits per heavy atom. The fraction of sp³-hybridized carbons (Fsp3) is 0.320. The van der Waals surface area contributed by atoms with Crippen molar-refractivity contribution in [3.05, 3.63) is 65.2 Å². The number of carbonyl (C=O) groups is 1. The van der Waals surface area contributed by atoms with Gasteiger partial charge in [0.05, 0.1) is 37.2 Å². The summed E-state index contributed by atoms with van der Waals surface area (Å²) in [4.78, 5) is 17.7. The number of hydrogen-bond acceptors (Lipinski definition) is 6. The van der Waals surface area contributed by atoms with E-state index in [2.05, 4.69) is 17.1 Å². The van der Waals surface area contributed by atoms with Gasteiger partial charge in [-0.25, -0.2) is 0 Å². The number of benzene rings is 2. The van der Waals surface area contributed by atoms with E-state index in [1.54, 1.807) is 18.0 Å². The molecule has 1 unspecified atom stereocenters. The number of hydrogen-bond donors (Lipinski definition) is 0. The number of rotatable bonds is 5. The molecule has 0 bridgehead atoms. The highest BCUT2D eigenvalue weighted by Crippen LogP contribution is 2.32. The Bertz CT molecular complexity index is 1080. The zero-order chi connectivity index (χ0) is 22.3. The molecule has 1 amide bonds. The van der Waals surface area contributed by atoms with Gasteiger partial charge in [-0.05, 0) is 29.2 Å². The average Bonchev–Trinajstić information content (AvgIpc) is 2.86. The van der Waals surface area contributed by atoms with Crippen LogP contribution in [-0.2, 0) is 25.4 Å². The summed E-state index contributed by atoms with van der Waals surface area (Å²) in [6.45, 7) is 2.53. The molecule has 0 radical (unpaired) electrons. The molecule has 7 heteroatoms. The largest absolute Gasteiger partial charge is 0.475 e. The summed E-state index contributed by atoms with van der Waals surface area (Å²) in [6, 6.07) is 15.9. The third-order valence-corrected chi connectivity index (χ3v) is 5.58. The van der Waals surface area contributed by atoms with Crippen LogP contribution in [0, 0.1) is 11.3 Å². The van der Waals surface area contributed by atoms with Gasteiger partial charge in [0, 0.05) is 25.2 Å². The van der Waals surface area contributed by atoms with E-state index in [1.807, 2.05) is 36.4 Å². The second-order valence-corrected chi connectivity index (χ2v) is 7.55. The fourth-order valence-corrected chi connectivity index (χ4v) is 3.94. The van der Waals surface area contributed by atoms with Crippen molar-refractivity contribution in [3.8, 4) is 17.2 Å². The van der Waals surface area contributed by atoms with E-state index in [-0.39, 0.29) is 6.10 Å². The predicted octanol–water partition coefficient (Wildman–Crippen LogP) is 3.04. The van der Waals surface area contributed by atoms with Gasteiger partial charge in [0.25, 0.3) is 0 Å². The minimum absolute atomic E-state index is 0.137. The van der Waals surface area contributed by atoms with Gasteiger partial charge in [-0.1, -0.05) is 36.4 Å². The van der Waals surface area contributed by atoms with Crippen LogP contribution in [0.15, 0.2) is 53.5 Å². The first-order valence-corrected chi connectivity index (χ1v) is 10.6. The molecule has 164 valence electrons. The van der Waals surface area contributed by atoms with Gasteiger partial charge in [0.2, 0.25) is 12.3 Å². The molecule has 0 spiro atoms. The van der Waals surface area contributed by atoms with E-state index in [9.17, 15) is 10.1 Å². The number of ether oxygens (including phenoxy) is 3. The zero-order valence-corrected chi connectivity index (χ0v) is 18.0. The molecule has 1 saturated heterocycles. The molecule has 2 aromatic rings. The molecule has 0 aliphatic carbocycles. The van der Waals surface area contributed by atoms with Crippen LogP contribution in [0.2, 0.25) is 0 Å². The quantitative estimate of drug-likeness (QED) is 0.413. The summed E-state index contributed by atoms with van der Waals surface area (Å²) in [5.41, 5.74) is 5.31. The van der Waals surface area contributed by atoms with E-state index in [1.165, 1.54) is 0 Å². The van der Waals surface area contributed by atoms with Gasteiger partial charge in [0.1, 0.15) is 12.7 Å². The van der Waals surface area contributed by atoms with E-state index in [0.29, 0.717) is 44.4 Å². The Hall–Kier alpha value is -3.47. The number of nitrogens with zero attached hydrogens (tertiary/aromatic N) is 3. The first kappa shape index (κ1) is 21.8. The van der Waals surface area contributed by atoms with Crippen LogP contribution in [0.1, 0.15) is 16.7 Å². The summed E-state index contributed by atoms with van der Waals surface area (Å²) in [6.07, 6.45) is 3.21. The van der Waals surface area contributed by atoms with Gasteiger partial charge in [-0.15, -0.1) is 0 Å². The van der Waals surface area contributed by atoms with Gasteiger partial charge in [-0.3, -0.25) is 9.79 Å². The van der Waals surface area contributed by atoms with Gasteiger partial charge >= 0.3 is 0 Å². The fourth-order valence-electron chi connectivity index (χ4n) is 3.94. The predicted molar refractivity (Wildman–Crippen MR) is 121 cm³/mol. The van der Waals surface area contributed by atoms with E-state index in [0.717, 1.165) is 40.8 Å². The van der Waals surface area contributed by atoms with Crippen molar-refractivity contribution in [2.24, 2.45) is 4.99 Å². The van der Waals surface area contributed by atoms with Crippen LogP contribution in [0.25, 0.3) is 16.8 Å². The van der Waals surface area contributed by atoms with Crippen LogP contribution in [0.5, 0.6) is 0 Å². The molecule has 4 rings (SSSR count). The standard InChI is InChI=1S/C25H25N3O4/c1-27-25(32-16-21-15-30-10-11-31-21)13-24-23-7-6-18(12-19(23)8-9-28(24)17-29)22-5-3-2-4-20(22)14-26/h2-7,12-13,17,21H,8-11,15-16H2,1H3/b24-13-,27-25+. The second kappa shape index (κ2) is 10.2. The number of amides is 1. The maximum absolute atomic E-state index is 11.8. The number of aliphatic imine (C=N–C) groups is 1. The van der Waals surface area contributed by atoms with Gasteiger partial charge < -0.3 is 19.1 Å². The number of nitriles is 1. The molecule has 2 aromatic carbocycles. The Morgan fingerprint density at radius 2 is 2.16 bits per heavy atom. The minimum atomic E-state index is -0.137. The van der Waals surface area contributed by atoms with E-state index < -0.39 is 0 Å². The van der Waals surface area contributed by atoms with E-state index >= 15 is 0 Å². The lowest BCUT2D eigenvalue weighted by atomic mass is 9.91. The van der Waals surface area contributed by atoms with Crippen molar-refractivity contribution < 1.29 is 19.0 Å². The highest BCUT2D eigenvalue weighted by atomic mass is 16.6. The van der Waals surface area contributed by atoms with E-state index in [4.69, 9.17) is 14.2 Å². The third-order valence-electron chi connectivity index (χ3n) is 5.58. The van der Waals surface area contributed by atoms with Crippen molar-refractivity contribution in [3.63, 3.8) is 0 Å². The van der Waals surface area contributed by atoms with Gasteiger partial charge in [-0.2, -0.15) is 5.26 Å². The third kappa shape index (κ3) is 4.72. The smallest absolute Gasteiger partial charge is 0.214 e. The monoisotopic (exact) mass is 431 g/mol. The maximum Gasteiger partial charge on any atom is 0.214 e. The second-order valence-electron chi connectivity index (χ2n) is 7.55. The Kier molecular flexibility index (Phi) is 6.95. The molecule has 0 saturated carbocycles. The molecule has 2 aliphatic heterocycles. The number of carbonyl (C=O) groups excluding carboxylic acids is 1. The summed E-state index contributed by atoms with van der Waals surface area (Å²) >= 11 is 0. The lowest BCUT2D eigenvalue weighted by Crippen LogP contribution is -2.33. The Morgan fingerprint density at radius 3 is 2.91 bits per heavy atom.